The van der Waals surface area contributed by atoms with E-state index < -0.39 is 10.2 Å². The summed E-state index contributed by atoms with van der Waals surface area (Å²) in [6.07, 6.45) is 0. The molecular weight excluding hydrogens is 392 g/mol. The summed E-state index contributed by atoms with van der Waals surface area (Å²) in [4.78, 5) is 0. The van der Waals surface area contributed by atoms with Crippen molar-refractivity contribution in [1.29, 1.82) is 0 Å². The van der Waals surface area contributed by atoms with E-state index in [-0.39, 0.29) is 0 Å². The number of nitrogens with zero attached hydrogens (tertiary/aromatic N) is 2. The van der Waals surface area contributed by atoms with Gasteiger partial charge in [-0.05, 0) is 37.1 Å². The second-order valence-electron chi connectivity index (χ2n) is 7.04. The molecule has 7 heteroatoms. The van der Waals surface area contributed by atoms with Crippen LogP contribution in [-0.2, 0) is 0 Å². The molecule has 3 rings (SSSR count). The second kappa shape index (κ2) is 9.35. The Morgan fingerprint density at radius 2 is 1.07 bits per heavy atom. The summed E-state index contributed by atoms with van der Waals surface area (Å²) in [6, 6.07) is 22.0. The Labute approximate surface area is 173 Å². The molecule has 154 valence electrons. The summed E-state index contributed by atoms with van der Waals surface area (Å²) in [7, 11) is -0.785. The summed E-state index contributed by atoms with van der Waals surface area (Å²) in [5.41, 5.74) is 8.72. The lowest BCUT2D eigenvalue weighted by Crippen LogP contribution is -2.68. The molecule has 0 atom stereocenters. The number of hydrogen-bond donors (Lipinski definition) is 0. The molecule has 0 spiro atoms. The van der Waals surface area contributed by atoms with E-state index in [1.54, 1.807) is 0 Å². The summed E-state index contributed by atoms with van der Waals surface area (Å²) in [6.45, 7) is 6.41. The molecule has 0 saturated carbocycles. The molecule has 29 heavy (non-hydrogen) atoms. The highest BCUT2D eigenvalue weighted by atomic mass is 35.7. The summed E-state index contributed by atoms with van der Waals surface area (Å²) < 4.78 is 36.2. The fraction of sp³-hybridized carbons (Fsp3) is 0.227. The average Bonchev–Trinajstić information content (AvgIpc) is 2.60. The van der Waals surface area contributed by atoms with E-state index in [1.165, 1.54) is 39.2 Å². The summed E-state index contributed by atoms with van der Waals surface area (Å²) in [5, 5.41) is 2.13. The lowest BCUT2D eigenvalue weighted by molar-refractivity contribution is -2.00. The van der Waals surface area contributed by atoms with Crippen molar-refractivity contribution in [1.82, 2.24) is 0 Å². The third-order valence-corrected chi connectivity index (χ3v) is 4.35. The third kappa shape index (κ3) is 6.81. The highest BCUT2D eigenvalue weighted by Crippen LogP contribution is 2.25. The first-order valence-electron chi connectivity index (χ1n) is 8.96. The smallest absolute Gasteiger partial charge is 0.222 e. The van der Waals surface area contributed by atoms with Gasteiger partial charge in [0.1, 0.15) is 0 Å². The number of pyridine rings is 1. The van der Waals surface area contributed by atoms with Crippen LogP contribution in [0.3, 0.4) is 0 Å². The SMILES string of the molecule is Cc1ccc(-c2cc(C)[n+](N(C)C)c(-c3ccc(C)cc3)c2)cc1.[O-][Cl+3]([O-])([O-])[O-]. The van der Waals surface area contributed by atoms with Crippen LogP contribution in [-0.4, -0.2) is 14.1 Å². The fourth-order valence-corrected chi connectivity index (χ4v) is 3.10. The molecule has 0 aliphatic heterocycles. The molecule has 0 radical (unpaired) electrons. The van der Waals surface area contributed by atoms with Gasteiger partial charge in [-0.15, -0.1) is 10.2 Å². The highest BCUT2D eigenvalue weighted by molar-refractivity contribution is 5.69. The molecule has 0 aliphatic rings. The molecular formula is C22H25ClN2O4. The number of aryl methyl sites for hydroxylation is 3. The molecule has 3 aromatic rings. The maximum atomic E-state index is 8.49. The Kier molecular flexibility index (Phi) is 7.35. The van der Waals surface area contributed by atoms with Crippen molar-refractivity contribution < 1.29 is 33.6 Å². The second-order valence-corrected chi connectivity index (χ2v) is 7.80. The lowest BCUT2D eigenvalue weighted by atomic mass is 10.0. The predicted octanol–water partition coefficient (Wildman–Crippen LogP) is -0.325. The predicted molar refractivity (Wildman–Crippen MR) is 102 cm³/mol. The van der Waals surface area contributed by atoms with Crippen molar-refractivity contribution in [2.75, 3.05) is 19.1 Å². The Bertz CT molecular complexity index is 944. The van der Waals surface area contributed by atoms with Gasteiger partial charge < -0.3 is 0 Å². The van der Waals surface area contributed by atoms with Gasteiger partial charge in [-0.25, -0.2) is 18.6 Å². The zero-order chi connectivity index (χ0) is 21.8. The minimum absolute atomic E-state index is 1.20. The Morgan fingerprint density at radius 3 is 1.48 bits per heavy atom. The van der Waals surface area contributed by atoms with E-state index >= 15 is 0 Å². The molecule has 1 heterocycles. The molecule has 1 aromatic heterocycles. The quantitative estimate of drug-likeness (QED) is 0.544. The number of halogens is 1. The Morgan fingerprint density at radius 1 is 0.655 bits per heavy atom. The number of aromatic nitrogens is 1. The maximum absolute atomic E-state index is 8.49. The van der Waals surface area contributed by atoms with Gasteiger partial charge in [0.05, 0.1) is 14.1 Å². The van der Waals surface area contributed by atoms with Crippen LogP contribution in [0.5, 0.6) is 0 Å². The first-order chi connectivity index (χ1) is 13.5. The van der Waals surface area contributed by atoms with Gasteiger partial charge in [0.25, 0.3) is 0 Å². The van der Waals surface area contributed by atoms with Crippen LogP contribution >= 0.6 is 0 Å². The van der Waals surface area contributed by atoms with E-state index in [0.717, 1.165) is 0 Å². The normalized spacial score (nSPS) is 10.9. The van der Waals surface area contributed by atoms with E-state index in [4.69, 9.17) is 18.6 Å². The molecule has 0 amide bonds. The standard InChI is InChI=1S/C22H25N2.ClHO4/c1-16-6-10-19(11-7-16)21-14-18(3)24(23(4)5)22(15-21)20-12-8-17(2)9-13-20;2-1(3,4)5/h6-15H,1-5H3;(H,2,3,4,5)/q+1;/p-1. The fourth-order valence-electron chi connectivity index (χ4n) is 3.10. The van der Waals surface area contributed by atoms with Crippen molar-refractivity contribution in [3.63, 3.8) is 0 Å². The molecule has 6 nitrogen and oxygen atoms in total. The molecule has 0 unspecified atom stereocenters. The highest BCUT2D eigenvalue weighted by Gasteiger charge is 2.21. The van der Waals surface area contributed by atoms with E-state index in [2.05, 4.69) is 105 Å². The van der Waals surface area contributed by atoms with Gasteiger partial charge in [0, 0.05) is 24.6 Å². The van der Waals surface area contributed by atoms with Gasteiger partial charge in [-0.2, -0.15) is 5.01 Å². The van der Waals surface area contributed by atoms with Gasteiger partial charge in [-0.1, -0.05) is 52.2 Å². The van der Waals surface area contributed by atoms with Crippen LogP contribution in [0.2, 0.25) is 0 Å². The first-order valence-corrected chi connectivity index (χ1v) is 10.2. The van der Waals surface area contributed by atoms with Crippen molar-refractivity contribution in [3.8, 4) is 22.4 Å². The van der Waals surface area contributed by atoms with Crippen LogP contribution in [0.15, 0.2) is 60.7 Å². The molecule has 0 N–H and O–H groups in total. The Hall–Kier alpha value is -2.48. The monoisotopic (exact) mass is 416 g/mol. The molecule has 0 saturated heterocycles. The number of hydrogen-bond acceptors (Lipinski definition) is 5. The largest absolute Gasteiger partial charge is 0.243 e. The molecule has 0 bridgehead atoms. The lowest BCUT2D eigenvalue weighted by Gasteiger charge is -2.17. The van der Waals surface area contributed by atoms with E-state index in [1.807, 2.05) is 0 Å². The zero-order valence-electron chi connectivity index (χ0n) is 17.2. The minimum Gasteiger partial charge on any atom is -0.222 e. The van der Waals surface area contributed by atoms with E-state index in [0.29, 0.717) is 0 Å². The van der Waals surface area contributed by atoms with Gasteiger partial charge in [-0.3, -0.25) is 0 Å². The summed E-state index contributed by atoms with van der Waals surface area (Å²) in [5.74, 6) is 0. The first kappa shape index (κ1) is 22.8. The van der Waals surface area contributed by atoms with Crippen LogP contribution in [0.25, 0.3) is 22.4 Å². The van der Waals surface area contributed by atoms with Crippen LogP contribution in [0, 0.1) is 31.0 Å². The molecule has 0 aliphatic carbocycles. The molecule has 2 aromatic carbocycles. The van der Waals surface area contributed by atoms with Gasteiger partial charge in [0.2, 0.25) is 11.4 Å². The van der Waals surface area contributed by atoms with Crippen LogP contribution in [0.4, 0.5) is 0 Å². The number of rotatable bonds is 3. The van der Waals surface area contributed by atoms with Crippen molar-refractivity contribution >= 4 is 0 Å². The third-order valence-electron chi connectivity index (χ3n) is 4.35. The van der Waals surface area contributed by atoms with Crippen LogP contribution in [0.1, 0.15) is 16.8 Å². The molecule has 0 fully saturated rings. The van der Waals surface area contributed by atoms with Gasteiger partial charge in [0.15, 0.2) is 0 Å². The van der Waals surface area contributed by atoms with Gasteiger partial charge >= 0.3 is 0 Å². The van der Waals surface area contributed by atoms with Crippen LogP contribution < -0.4 is 28.3 Å². The van der Waals surface area contributed by atoms with Crippen molar-refractivity contribution in [2.45, 2.75) is 20.8 Å². The topological polar surface area (TPSA) is 99.4 Å². The zero-order valence-corrected chi connectivity index (χ0v) is 17.9. The average molecular weight is 417 g/mol. The van der Waals surface area contributed by atoms with E-state index in [9.17, 15) is 0 Å². The van der Waals surface area contributed by atoms with Crippen molar-refractivity contribution in [3.05, 3.63) is 77.5 Å². The van der Waals surface area contributed by atoms with Crippen molar-refractivity contribution in [2.24, 2.45) is 0 Å². The Balaban J connectivity index is 0.000000537. The minimum atomic E-state index is -4.94. The summed E-state index contributed by atoms with van der Waals surface area (Å²) >= 11 is 0. The maximum Gasteiger partial charge on any atom is 0.243 e. The number of benzene rings is 2.